The van der Waals surface area contributed by atoms with Crippen LogP contribution in [-0.4, -0.2) is 164 Å². The number of ether oxygens (including phenoxy) is 4. The van der Waals surface area contributed by atoms with E-state index in [1.165, 1.54) is 12.0 Å². The van der Waals surface area contributed by atoms with E-state index in [9.17, 15) is 19.8 Å². The Morgan fingerprint density at radius 2 is 1.04 bits per heavy atom. The monoisotopic (exact) mass is 1400 g/mol. The van der Waals surface area contributed by atoms with Crippen LogP contribution in [0.15, 0.2) is 23.3 Å². The van der Waals surface area contributed by atoms with E-state index in [1.807, 2.05) is 0 Å². The highest BCUT2D eigenvalue weighted by atomic mass is 16.5. The van der Waals surface area contributed by atoms with Crippen LogP contribution in [0.5, 0.6) is 0 Å². The van der Waals surface area contributed by atoms with Gasteiger partial charge >= 0.3 is 11.9 Å². The van der Waals surface area contributed by atoms with Crippen molar-refractivity contribution in [1.82, 2.24) is 50.6 Å². The number of hydrogen-bond acceptors (Lipinski definition) is 16. The van der Waals surface area contributed by atoms with Gasteiger partial charge in [-0.3, -0.25) is 9.59 Å². The van der Waals surface area contributed by atoms with Crippen LogP contribution in [0.25, 0.3) is 0 Å². The number of allylic oxidation sites excluding steroid dienone is 2. The number of nitrogens with one attached hydrogen (secondary N) is 1. The molecule has 4 bridgehead atoms. The first kappa shape index (κ1) is 80.0. The number of likely N-dealkylation sites (N-methyl/N-ethyl adjacent to an activating group) is 2. The van der Waals surface area contributed by atoms with Crippen LogP contribution in [-0.2, 0) is 28.5 Å². The fourth-order valence-electron chi connectivity index (χ4n) is 25.2. The molecule has 2 aromatic heterocycles. The number of aliphatic carboxylic acids is 2. The minimum Gasteiger partial charge on any atom is -0.481 e. The number of hydrogen-bond donors (Lipinski definition) is 5. The molecular formula is C80H140N12O8. The normalized spacial score (nSPS) is 42.8. The van der Waals surface area contributed by atoms with Gasteiger partial charge in [0, 0.05) is 32.7 Å². The molecule has 12 rings (SSSR count). The van der Waals surface area contributed by atoms with E-state index in [1.54, 1.807) is 10.4 Å². The van der Waals surface area contributed by atoms with Crippen LogP contribution >= 0.6 is 0 Å². The summed E-state index contributed by atoms with van der Waals surface area (Å²) in [5.41, 5.74) is 12.2. The van der Waals surface area contributed by atoms with Gasteiger partial charge in [-0.2, -0.15) is 10.0 Å². The lowest BCUT2D eigenvalue weighted by Gasteiger charge is -2.71. The Kier molecular flexibility index (Phi) is 22.2. The molecule has 8 fully saturated rings. The third-order valence-corrected chi connectivity index (χ3v) is 33.2. The first-order valence-corrected chi connectivity index (χ1v) is 38.5. The predicted octanol–water partition coefficient (Wildman–Crippen LogP) is 14.7. The highest BCUT2D eigenvalue weighted by Gasteiger charge is 2.74. The zero-order valence-electron chi connectivity index (χ0n) is 66.1. The van der Waals surface area contributed by atoms with Gasteiger partial charge in [0.2, 0.25) is 0 Å². The van der Waals surface area contributed by atoms with Crippen LogP contribution in [0.3, 0.4) is 0 Å². The molecule has 0 spiro atoms. The number of carbonyl (C=O) groups is 2. The number of rotatable bonds is 17. The standard InChI is InChI=1S/C39H66N6O4.C39H67NO4.CH3N5.CH4/c1-23(2)25(5)34(6)17-18-36(8)26-13-14-29-35(7)20-48-22-39(29,27(26)15-16-37(36,9)30(34)32(46)47)19-28(45-42-33(40)41-43-45)31(35)49-21-38(10,24(3)4)44(11)12;1-24(2)27(6)34(7)18-19-36(9)28-14-15-30-35(8)21-43-23-39(30,29(28)16-17-37(36,10)31(34)33(41)42)20-26(5)32(35)44-22-38(11,25(3)4)40(12)13;2-1-3-5-6-4-1;/h15,23-26,28-31H,13-14,16-22H2,1-12H3,(H2,40,42)(H,46,47);16,24-28,30-32H,14-15,17-23H2,1-13H3,(H,41,42);(H3,2,3,4,5,6);1H4/t25-,26+,28-,29+,30-,31+,34-,35-,36-,37+,38+,39+;26-,27-,28+,30+,31-,32+,34-,35-,36-,37+,38+,39+;;/m11../s1. The fraction of sp³-hybridized carbons (Fsp3) is 0.900. The van der Waals surface area contributed by atoms with Crippen molar-refractivity contribution in [1.29, 1.82) is 0 Å². The van der Waals surface area contributed by atoms with E-state index < -0.39 is 17.9 Å². The first-order valence-electron chi connectivity index (χ1n) is 38.5. The van der Waals surface area contributed by atoms with E-state index in [2.05, 4.69) is 232 Å². The van der Waals surface area contributed by atoms with Crippen molar-refractivity contribution in [3.8, 4) is 0 Å². The van der Waals surface area contributed by atoms with Gasteiger partial charge in [0.15, 0.2) is 0 Å². The maximum Gasteiger partial charge on any atom is 0.307 e. The highest BCUT2D eigenvalue weighted by Crippen LogP contribution is 2.78. The van der Waals surface area contributed by atoms with Crippen molar-refractivity contribution >= 4 is 23.8 Å². The molecule has 7 N–H and O–H groups in total. The van der Waals surface area contributed by atoms with Crippen LogP contribution in [0.4, 0.5) is 11.9 Å². The Bertz CT molecular complexity index is 3260. The Morgan fingerprint density at radius 3 is 1.39 bits per heavy atom. The highest BCUT2D eigenvalue weighted by molar-refractivity contribution is 5.74. The van der Waals surface area contributed by atoms with Crippen molar-refractivity contribution in [2.24, 2.45) is 131 Å². The summed E-state index contributed by atoms with van der Waals surface area (Å²) in [5.74, 6) is 2.86. The summed E-state index contributed by atoms with van der Waals surface area (Å²) in [4.78, 5) is 33.2. The summed E-state index contributed by atoms with van der Waals surface area (Å²) in [6.45, 7) is 53.0. The molecule has 0 unspecified atom stereocenters. The lowest BCUT2D eigenvalue weighted by atomic mass is 9.34. The minimum absolute atomic E-state index is 0. The molecule has 20 heteroatoms. The first-order chi connectivity index (χ1) is 45.9. The molecule has 568 valence electrons. The molecule has 2 saturated heterocycles. The summed E-state index contributed by atoms with van der Waals surface area (Å²) >= 11 is 0. The zero-order valence-corrected chi connectivity index (χ0v) is 66.1. The number of carboxylic acids is 2. The zero-order chi connectivity index (χ0) is 73.4. The van der Waals surface area contributed by atoms with Crippen molar-refractivity contribution in [2.75, 3.05) is 79.3 Å². The molecule has 8 aliphatic carbocycles. The van der Waals surface area contributed by atoms with Gasteiger partial charge in [0.05, 0.1) is 63.7 Å². The maximum absolute atomic E-state index is 13.5. The fourth-order valence-corrected chi connectivity index (χ4v) is 25.2. The number of nitrogens with zero attached hydrogens (tertiary/aromatic N) is 9. The number of fused-ring (bicyclic) bond motifs is 6. The van der Waals surface area contributed by atoms with Crippen LogP contribution in [0.1, 0.15) is 236 Å². The SMILES string of the molecule is C.CC(C)[C@@H](C)[C@@]1(C)CC[C@]2(C)[C@H]3CC[C@@H]4[C@@]5(COC[C@@]4(C)[C@@H](OC[C@@](C)(C(C)C)N(C)C)[C@H](C)C5)C3=CC[C@@]2(C)[C@@H]1C(=O)O.CC(C)[C@@H](C)[C@@]1(C)CC[C@]2(C)[C@H]3CC[C@@H]4[C@@]5(COC[C@@]4(C)[C@@H](OC[C@@](C)(C(C)C)N(C)C)[C@H](n4nnc(N)n4)C5)C3=CC[C@@]2(C)[C@@H]1C(=O)O.Nc1nn[nH]n1. The van der Waals surface area contributed by atoms with Crippen LogP contribution in [0, 0.1) is 131 Å². The second kappa shape index (κ2) is 27.7. The largest absolute Gasteiger partial charge is 0.481 e. The maximum atomic E-state index is 13.5. The number of H-pyrrole nitrogens is 1. The summed E-state index contributed by atoms with van der Waals surface area (Å²) < 4.78 is 27.6. The Labute approximate surface area is 603 Å². The summed E-state index contributed by atoms with van der Waals surface area (Å²) in [7, 11) is 8.63. The molecule has 0 radical (unpaired) electrons. The number of aromatic amines is 1. The van der Waals surface area contributed by atoms with Gasteiger partial charge in [-0.15, -0.1) is 10.2 Å². The summed E-state index contributed by atoms with van der Waals surface area (Å²) in [6.07, 6.45) is 17.1. The van der Waals surface area contributed by atoms with Crippen LogP contribution in [0.2, 0.25) is 0 Å². The number of tetrazole rings is 2. The van der Waals surface area contributed by atoms with Crippen LogP contribution < -0.4 is 11.5 Å². The number of anilines is 2. The lowest BCUT2D eigenvalue weighted by Crippen LogP contribution is -2.69. The van der Waals surface area contributed by atoms with Gasteiger partial charge in [-0.25, -0.2) is 0 Å². The molecule has 24 atom stereocenters. The number of nitrogens with two attached hydrogens (primary N) is 2. The van der Waals surface area contributed by atoms with Gasteiger partial charge in [0.25, 0.3) is 11.9 Å². The third-order valence-electron chi connectivity index (χ3n) is 33.2. The average Bonchev–Trinajstić information content (AvgIpc) is 0.717. The van der Waals surface area contributed by atoms with E-state index >= 15 is 0 Å². The van der Waals surface area contributed by atoms with Gasteiger partial charge in [-0.1, -0.05) is 172 Å². The molecule has 2 aliphatic heterocycles. The van der Waals surface area contributed by atoms with E-state index in [-0.39, 0.29) is 109 Å². The second-order valence-corrected chi connectivity index (χ2v) is 38.7. The van der Waals surface area contributed by atoms with Gasteiger partial charge < -0.3 is 50.4 Å². The Hall–Kier alpha value is -4.08. The van der Waals surface area contributed by atoms with Gasteiger partial charge in [0.1, 0.15) is 6.04 Å². The molecule has 100 heavy (non-hydrogen) atoms. The number of carboxylic acid groups (broad SMARTS) is 2. The van der Waals surface area contributed by atoms with Crippen molar-refractivity contribution in [3.63, 3.8) is 0 Å². The number of nitrogen functional groups attached to an aromatic ring is 2. The van der Waals surface area contributed by atoms with Gasteiger partial charge in [-0.05, 0) is 227 Å². The van der Waals surface area contributed by atoms with E-state index in [4.69, 9.17) is 30.4 Å². The van der Waals surface area contributed by atoms with Crippen molar-refractivity contribution in [3.05, 3.63) is 23.3 Å². The third kappa shape index (κ3) is 12.0. The lowest BCUT2D eigenvalue weighted by molar-refractivity contribution is -0.256. The Morgan fingerprint density at radius 1 is 0.620 bits per heavy atom. The van der Waals surface area contributed by atoms with Crippen molar-refractivity contribution in [2.45, 2.75) is 259 Å². The number of aromatic nitrogens is 8. The van der Waals surface area contributed by atoms with E-state index in [0.717, 1.165) is 90.4 Å². The molecule has 2 aromatic rings. The summed E-state index contributed by atoms with van der Waals surface area (Å²) in [6, 6.07) is -0.164. The topological polar surface area (TPSA) is 268 Å². The molecule has 20 nitrogen and oxygen atoms in total. The predicted molar refractivity (Wildman–Crippen MR) is 396 cm³/mol. The average molecular weight is 1400 g/mol. The molecule has 6 saturated carbocycles. The molecular weight excluding hydrogens is 1260 g/mol. The smallest absolute Gasteiger partial charge is 0.307 e. The molecule has 0 aromatic carbocycles. The Balaban J connectivity index is 0.000000214. The summed E-state index contributed by atoms with van der Waals surface area (Å²) in [5, 5.41) is 47.3. The minimum atomic E-state index is -0.626. The quantitative estimate of drug-likeness (QED) is 0.0921. The molecule has 4 heterocycles. The van der Waals surface area contributed by atoms with E-state index in [0.29, 0.717) is 84.9 Å². The molecule has 10 aliphatic rings. The second-order valence-electron chi connectivity index (χ2n) is 38.7. The van der Waals surface area contributed by atoms with Crippen molar-refractivity contribution < 1.29 is 38.7 Å². The molecule has 0 amide bonds.